The van der Waals surface area contributed by atoms with Crippen molar-refractivity contribution in [3.05, 3.63) is 16.3 Å². The molecule has 5 heteroatoms. The summed E-state index contributed by atoms with van der Waals surface area (Å²) in [5, 5.41) is 1.18. The number of hydrogen-bond donors (Lipinski definition) is 2. The summed E-state index contributed by atoms with van der Waals surface area (Å²) in [6, 6.07) is 0. The van der Waals surface area contributed by atoms with Gasteiger partial charge in [0.1, 0.15) is 10.7 Å². The molecule has 2 aromatic rings. The third-order valence-electron chi connectivity index (χ3n) is 4.78. The van der Waals surface area contributed by atoms with Gasteiger partial charge in [-0.15, -0.1) is 11.3 Å². The second-order valence-electron chi connectivity index (χ2n) is 6.23. The fourth-order valence-corrected chi connectivity index (χ4v) is 5.01. The van der Waals surface area contributed by atoms with Crippen molar-refractivity contribution in [2.45, 2.75) is 51.4 Å². The van der Waals surface area contributed by atoms with E-state index in [0.717, 1.165) is 28.8 Å². The molecule has 20 heavy (non-hydrogen) atoms. The number of aryl methyl sites for hydroxylation is 2. The summed E-state index contributed by atoms with van der Waals surface area (Å²) >= 11 is 1.84. The van der Waals surface area contributed by atoms with E-state index < -0.39 is 0 Å². The first kappa shape index (κ1) is 12.5. The normalized spacial score (nSPS) is 25.3. The SMILES string of the molecule is CC1CCC(c2nc(NN)c3c4c(sc3n2)CCC4)C1. The van der Waals surface area contributed by atoms with Crippen molar-refractivity contribution in [3.63, 3.8) is 0 Å². The fourth-order valence-electron chi connectivity index (χ4n) is 3.74. The monoisotopic (exact) mass is 288 g/mol. The number of fused-ring (bicyclic) bond motifs is 3. The molecule has 2 aliphatic carbocycles. The van der Waals surface area contributed by atoms with Crippen LogP contribution in [0.2, 0.25) is 0 Å². The van der Waals surface area contributed by atoms with Crippen LogP contribution in [0.1, 0.15) is 54.8 Å². The highest BCUT2D eigenvalue weighted by Crippen LogP contribution is 2.42. The number of nitrogens with one attached hydrogen (secondary N) is 1. The molecule has 106 valence electrons. The highest BCUT2D eigenvalue weighted by atomic mass is 32.1. The van der Waals surface area contributed by atoms with Crippen LogP contribution in [-0.4, -0.2) is 9.97 Å². The Balaban J connectivity index is 1.84. The van der Waals surface area contributed by atoms with Crippen molar-refractivity contribution in [1.29, 1.82) is 0 Å². The first-order valence-electron chi connectivity index (χ1n) is 7.55. The standard InChI is InChI=1S/C15H20N4S/c1-8-5-6-9(7-8)13-17-14(19-16)12-10-3-2-4-11(10)20-15(12)18-13/h8-9H,2-7,16H2,1H3,(H,17,18,19). The van der Waals surface area contributed by atoms with Gasteiger partial charge in [0, 0.05) is 10.8 Å². The zero-order chi connectivity index (χ0) is 13.7. The number of nitrogens with zero attached hydrogens (tertiary/aromatic N) is 2. The molecule has 1 fully saturated rings. The van der Waals surface area contributed by atoms with Crippen LogP contribution in [0.5, 0.6) is 0 Å². The molecule has 0 aromatic carbocycles. The van der Waals surface area contributed by atoms with Crippen molar-refractivity contribution >= 4 is 27.4 Å². The maximum absolute atomic E-state index is 5.73. The number of hydrogen-bond acceptors (Lipinski definition) is 5. The average molecular weight is 288 g/mol. The summed E-state index contributed by atoms with van der Waals surface area (Å²) in [5.41, 5.74) is 4.25. The van der Waals surface area contributed by atoms with Crippen molar-refractivity contribution in [2.75, 3.05) is 5.43 Å². The van der Waals surface area contributed by atoms with Gasteiger partial charge < -0.3 is 5.43 Å². The lowest BCUT2D eigenvalue weighted by molar-refractivity contribution is 0.586. The molecule has 2 aliphatic rings. The molecule has 0 spiro atoms. The van der Waals surface area contributed by atoms with Crippen molar-refractivity contribution in [2.24, 2.45) is 11.8 Å². The van der Waals surface area contributed by atoms with Crippen LogP contribution in [0, 0.1) is 5.92 Å². The highest BCUT2D eigenvalue weighted by Gasteiger charge is 2.28. The summed E-state index contributed by atoms with van der Waals surface area (Å²) < 4.78 is 0. The van der Waals surface area contributed by atoms with Gasteiger partial charge in [-0.1, -0.05) is 6.92 Å². The number of aromatic nitrogens is 2. The van der Waals surface area contributed by atoms with Crippen LogP contribution in [0.3, 0.4) is 0 Å². The fraction of sp³-hybridized carbons (Fsp3) is 0.600. The molecule has 3 N–H and O–H groups in total. The van der Waals surface area contributed by atoms with E-state index in [1.165, 1.54) is 47.9 Å². The Morgan fingerprint density at radius 3 is 2.90 bits per heavy atom. The van der Waals surface area contributed by atoms with E-state index in [4.69, 9.17) is 15.8 Å². The second kappa shape index (κ2) is 4.67. The average Bonchev–Trinajstić information content (AvgIpc) is 3.12. The predicted molar refractivity (Wildman–Crippen MR) is 83.0 cm³/mol. The molecule has 0 amide bonds. The molecule has 2 unspecified atom stereocenters. The lowest BCUT2D eigenvalue weighted by Gasteiger charge is -2.11. The molecule has 2 heterocycles. The molecule has 4 nitrogen and oxygen atoms in total. The van der Waals surface area contributed by atoms with E-state index in [-0.39, 0.29) is 0 Å². The Morgan fingerprint density at radius 2 is 2.15 bits per heavy atom. The number of nitrogen functional groups attached to an aromatic ring is 1. The van der Waals surface area contributed by atoms with Gasteiger partial charge in [0.2, 0.25) is 0 Å². The Bertz CT molecular complexity index is 663. The lowest BCUT2D eigenvalue weighted by Crippen LogP contribution is -2.12. The van der Waals surface area contributed by atoms with Crippen LogP contribution in [0.4, 0.5) is 5.82 Å². The molecule has 4 rings (SSSR count). The minimum atomic E-state index is 0.512. The maximum atomic E-state index is 5.73. The first-order valence-corrected chi connectivity index (χ1v) is 8.36. The highest BCUT2D eigenvalue weighted by molar-refractivity contribution is 7.19. The third-order valence-corrected chi connectivity index (χ3v) is 5.96. The summed E-state index contributed by atoms with van der Waals surface area (Å²) in [5.74, 6) is 8.87. The molecular weight excluding hydrogens is 268 g/mol. The Morgan fingerprint density at radius 1 is 1.25 bits per heavy atom. The van der Waals surface area contributed by atoms with Gasteiger partial charge in [0.25, 0.3) is 0 Å². The molecule has 0 bridgehead atoms. The summed E-state index contributed by atoms with van der Waals surface area (Å²) in [6.45, 7) is 2.32. The van der Waals surface area contributed by atoms with E-state index in [1.54, 1.807) is 0 Å². The third kappa shape index (κ3) is 1.84. The van der Waals surface area contributed by atoms with Gasteiger partial charge in [0.05, 0.1) is 5.39 Å². The second-order valence-corrected chi connectivity index (χ2v) is 7.31. The summed E-state index contributed by atoms with van der Waals surface area (Å²) in [6.07, 6.45) is 7.30. The lowest BCUT2D eigenvalue weighted by atomic mass is 10.1. The van der Waals surface area contributed by atoms with Gasteiger partial charge in [-0.25, -0.2) is 15.8 Å². The minimum Gasteiger partial charge on any atom is -0.308 e. The molecular formula is C15H20N4S. The number of anilines is 1. The Labute approximate surface area is 122 Å². The van der Waals surface area contributed by atoms with E-state index in [1.807, 2.05) is 11.3 Å². The maximum Gasteiger partial charge on any atom is 0.152 e. The van der Waals surface area contributed by atoms with Gasteiger partial charge in [0.15, 0.2) is 5.82 Å². The first-order chi connectivity index (χ1) is 9.76. The van der Waals surface area contributed by atoms with Gasteiger partial charge in [-0.3, -0.25) is 0 Å². The van der Waals surface area contributed by atoms with Crippen LogP contribution < -0.4 is 11.3 Å². The molecule has 0 radical (unpaired) electrons. The van der Waals surface area contributed by atoms with E-state index in [2.05, 4.69) is 12.3 Å². The van der Waals surface area contributed by atoms with E-state index in [0.29, 0.717) is 5.92 Å². The van der Waals surface area contributed by atoms with Gasteiger partial charge >= 0.3 is 0 Å². The van der Waals surface area contributed by atoms with Crippen LogP contribution in [0.15, 0.2) is 0 Å². The Kier molecular flexibility index (Phi) is 2.93. The molecule has 0 aliphatic heterocycles. The van der Waals surface area contributed by atoms with Crippen LogP contribution >= 0.6 is 11.3 Å². The zero-order valence-electron chi connectivity index (χ0n) is 11.8. The molecule has 2 aromatic heterocycles. The molecule has 0 saturated heterocycles. The largest absolute Gasteiger partial charge is 0.308 e. The number of rotatable bonds is 2. The summed E-state index contributed by atoms with van der Waals surface area (Å²) in [4.78, 5) is 12.2. The topological polar surface area (TPSA) is 63.8 Å². The van der Waals surface area contributed by atoms with E-state index in [9.17, 15) is 0 Å². The van der Waals surface area contributed by atoms with Gasteiger partial charge in [-0.05, 0) is 50.0 Å². The van der Waals surface area contributed by atoms with Crippen LogP contribution in [0.25, 0.3) is 10.2 Å². The van der Waals surface area contributed by atoms with Crippen molar-refractivity contribution < 1.29 is 0 Å². The quantitative estimate of drug-likeness (QED) is 0.657. The van der Waals surface area contributed by atoms with Gasteiger partial charge in [-0.2, -0.15) is 0 Å². The van der Waals surface area contributed by atoms with Crippen LogP contribution in [-0.2, 0) is 12.8 Å². The summed E-state index contributed by atoms with van der Waals surface area (Å²) in [7, 11) is 0. The zero-order valence-corrected chi connectivity index (χ0v) is 12.6. The number of thiophene rings is 1. The molecule has 2 atom stereocenters. The minimum absolute atomic E-state index is 0.512. The smallest absolute Gasteiger partial charge is 0.152 e. The predicted octanol–water partition coefficient (Wildman–Crippen LogP) is 3.37. The number of hydrazine groups is 1. The molecule has 1 saturated carbocycles. The van der Waals surface area contributed by atoms with Crippen molar-refractivity contribution in [3.8, 4) is 0 Å². The van der Waals surface area contributed by atoms with Crippen molar-refractivity contribution in [1.82, 2.24) is 9.97 Å². The number of nitrogens with two attached hydrogens (primary N) is 1. The van der Waals surface area contributed by atoms with E-state index >= 15 is 0 Å². The Hall–Kier alpha value is -1.20.